The van der Waals surface area contributed by atoms with Crippen LogP contribution in [0.4, 0.5) is 5.69 Å². The predicted molar refractivity (Wildman–Crippen MR) is 145 cm³/mol. The lowest BCUT2D eigenvalue weighted by molar-refractivity contribution is -0.122. The fourth-order valence-corrected chi connectivity index (χ4v) is 4.98. The Labute approximate surface area is 216 Å². The third kappa shape index (κ3) is 4.97. The molecule has 3 N–H and O–H groups in total. The number of primary amides is 1. The largest absolute Gasteiger partial charge is 0.368 e. The molecule has 37 heavy (non-hydrogen) atoms. The fraction of sp³-hybridized carbons (Fsp3) is 0.310. The van der Waals surface area contributed by atoms with Crippen LogP contribution < -0.4 is 11.1 Å². The molecule has 1 saturated heterocycles. The molecule has 0 saturated carbocycles. The minimum absolute atomic E-state index is 0.0913. The van der Waals surface area contributed by atoms with Gasteiger partial charge in [-0.15, -0.1) is 0 Å². The van der Waals surface area contributed by atoms with Gasteiger partial charge in [0.15, 0.2) is 5.65 Å². The molecule has 1 aliphatic rings. The Morgan fingerprint density at radius 3 is 2.62 bits per heavy atom. The highest BCUT2D eigenvalue weighted by atomic mass is 16.2. The molecule has 0 bridgehead atoms. The average Bonchev–Trinajstić information content (AvgIpc) is 3.52. The smallest absolute Gasteiger partial charge is 0.256 e. The molecule has 2 amide bonds. The third-order valence-electron chi connectivity index (χ3n) is 6.98. The molecule has 5 rings (SSSR count). The van der Waals surface area contributed by atoms with E-state index in [9.17, 15) is 9.59 Å². The van der Waals surface area contributed by atoms with Gasteiger partial charge in [-0.2, -0.15) is 5.10 Å². The van der Waals surface area contributed by atoms with Crippen LogP contribution in [0.5, 0.6) is 0 Å². The van der Waals surface area contributed by atoms with Crippen molar-refractivity contribution >= 4 is 28.5 Å². The van der Waals surface area contributed by atoms with E-state index < -0.39 is 0 Å². The van der Waals surface area contributed by atoms with Gasteiger partial charge in [0, 0.05) is 23.8 Å². The van der Waals surface area contributed by atoms with Crippen LogP contribution in [0.2, 0.25) is 0 Å². The topological polar surface area (TPSA) is 106 Å². The number of pyridine rings is 1. The van der Waals surface area contributed by atoms with Gasteiger partial charge in [0.25, 0.3) is 5.91 Å². The number of hydrogen-bond acceptors (Lipinski definition) is 5. The minimum atomic E-state index is -0.302. The number of anilines is 1. The van der Waals surface area contributed by atoms with E-state index in [1.165, 1.54) is 0 Å². The van der Waals surface area contributed by atoms with Gasteiger partial charge in [-0.1, -0.05) is 48.0 Å². The molecule has 1 unspecified atom stereocenters. The molecule has 8 nitrogen and oxygen atoms in total. The molecule has 2 aromatic heterocycles. The van der Waals surface area contributed by atoms with Gasteiger partial charge in [0.05, 0.1) is 28.9 Å². The molecule has 190 valence electrons. The number of aromatic nitrogens is 3. The Bertz CT molecular complexity index is 1460. The second-order valence-electron chi connectivity index (χ2n) is 9.98. The van der Waals surface area contributed by atoms with Crippen LogP contribution in [0.15, 0.2) is 60.8 Å². The van der Waals surface area contributed by atoms with Crippen LogP contribution in [-0.2, 0) is 11.3 Å². The highest BCUT2D eigenvalue weighted by Crippen LogP contribution is 2.29. The molecule has 2 aromatic carbocycles. The van der Waals surface area contributed by atoms with Crippen LogP contribution >= 0.6 is 0 Å². The molecule has 8 heteroatoms. The van der Waals surface area contributed by atoms with Gasteiger partial charge in [0.1, 0.15) is 0 Å². The second-order valence-corrected chi connectivity index (χ2v) is 9.98. The standard InChI is InChI=1S/C29H32N6O2/c1-18(2)35-28-23(16-31-35)22(15-25(32-28)20-12-10-19(3)11-13-20)29(37)33-24-8-5-4-7-21(24)17-34-14-6-9-26(34)27(30)36/h4-5,7-8,10-13,15-16,18,26H,6,9,14,17H2,1-3H3,(H2,30,36)(H,33,37). The summed E-state index contributed by atoms with van der Waals surface area (Å²) >= 11 is 0. The molecule has 0 aliphatic carbocycles. The van der Waals surface area contributed by atoms with Crippen LogP contribution in [0.1, 0.15) is 54.2 Å². The number of nitrogens with zero attached hydrogens (tertiary/aromatic N) is 4. The van der Waals surface area contributed by atoms with Gasteiger partial charge in [-0.25, -0.2) is 9.67 Å². The number of fused-ring (bicyclic) bond motifs is 1. The van der Waals surface area contributed by atoms with E-state index in [0.717, 1.165) is 41.8 Å². The average molecular weight is 497 g/mol. The number of amides is 2. The van der Waals surface area contributed by atoms with Crippen molar-refractivity contribution < 1.29 is 9.59 Å². The molecular weight excluding hydrogens is 464 g/mol. The van der Waals surface area contributed by atoms with E-state index in [1.807, 2.05) is 80.1 Å². The summed E-state index contributed by atoms with van der Waals surface area (Å²) in [6.07, 6.45) is 3.41. The van der Waals surface area contributed by atoms with E-state index in [2.05, 4.69) is 15.3 Å². The molecule has 3 heterocycles. The molecule has 0 radical (unpaired) electrons. The summed E-state index contributed by atoms with van der Waals surface area (Å²) in [5.74, 6) is -0.534. The zero-order chi connectivity index (χ0) is 26.1. The number of carbonyl (C=O) groups is 2. The molecule has 0 spiro atoms. The van der Waals surface area contributed by atoms with E-state index in [0.29, 0.717) is 28.8 Å². The minimum Gasteiger partial charge on any atom is -0.368 e. The highest BCUT2D eigenvalue weighted by Gasteiger charge is 2.29. The summed E-state index contributed by atoms with van der Waals surface area (Å²) in [7, 11) is 0. The maximum atomic E-state index is 13.7. The third-order valence-corrected chi connectivity index (χ3v) is 6.98. The molecule has 1 fully saturated rings. The number of rotatable bonds is 7. The summed E-state index contributed by atoms with van der Waals surface area (Å²) in [5, 5.41) is 8.35. The number of likely N-dealkylation sites (tertiary alicyclic amines) is 1. The van der Waals surface area contributed by atoms with Crippen LogP contribution in [-0.4, -0.2) is 44.1 Å². The Balaban J connectivity index is 1.51. The number of benzene rings is 2. The van der Waals surface area contributed by atoms with E-state index >= 15 is 0 Å². The van der Waals surface area contributed by atoms with E-state index in [4.69, 9.17) is 10.7 Å². The van der Waals surface area contributed by atoms with Crippen molar-refractivity contribution in [2.45, 2.75) is 52.2 Å². The fourth-order valence-electron chi connectivity index (χ4n) is 4.98. The second kappa shape index (κ2) is 10.1. The first kappa shape index (κ1) is 24.6. The Morgan fingerprint density at radius 1 is 1.14 bits per heavy atom. The van der Waals surface area contributed by atoms with Crippen molar-refractivity contribution in [2.24, 2.45) is 5.73 Å². The molecular formula is C29H32N6O2. The van der Waals surface area contributed by atoms with Crippen LogP contribution in [0.3, 0.4) is 0 Å². The number of hydrogen-bond donors (Lipinski definition) is 2. The van der Waals surface area contributed by atoms with Crippen LogP contribution in [0, 0.1) is 6.92 Å². The lowest BCUT2D eigenvalue weighted by Gasteiger charge is -2.23. The summed E-state index contributed by atoms with van der Waals surface area (Å²) < 4.78 is 1.84. The Hall–Kier alpha value is -4.04. The molecule has 4 aromatic rings. The SMILES string of the molecule is Cc1ccc(-c2cc(C(=O)Nc3ccccc3CN3CCCC3C(N)=O)c3cnn(C(C)C)c3n2)cc1. The molecule has 1 aliphatic heterocycles. The lowest BCUT2D eigenvalue weighted by Crippen LogP contribution is -2.39. The van der Waals surface area contributed by atoms with Crippen LogP contribution in [0.25, 0.3) is 22.3 Å². The van der Waals surface area contributed by atoms with Gasteiger partial charge in [-0.05, 0) is 57.9 Å². The molecule has 1 atom stereocenters. The maximum absolute atomic E-state index is 13.7. The van der Waals surface area contributed by atoms with Crippen molar-refractivity contribution in [1.29, 1.82) is 0 Å². The zero-order valence-corrected chi connectivity index (χ0v) is 21.4. The van der Waals surface area contributed by atoms with E-state index in [1.54, 1.807) is 6.20 Å². The van der Waals surface area contributed by atoms with Gasteiger partial charge in [-0.3, -0.25) is 14.5 Å². The first-order chi connectivity index (χ1) is 17.8. The van der Waals surface area contributed by atoms with Gasteiger partial charge in [0.2, 0.25) is 5.91 Å². The first-order valence-corrected chi connectivity index (χ1v) is 12.7. The number of nitrogens with two attached hydrogens (primary N) is 1. The maximum Gasteiger partial charge on any atom is 0.256 e. The van der Waals surface area contributed by atoms with Gasteiger partial charge >= 0.3 is 0 Å². The van der Waals surface area contributed by atoms with Crippen molar-refractivity contribution in [3.8, 4) is 11.3 Å². The Kier molecular flexibility index (Phi) is 6.76. The van der Waals surface area contributed by atoms with Gasteiger partial charge < -0.3 is 11.1 Å². The monoisotopic (exact) mass is 496 g/mol. The van der Waals surface area contributed by atoms with Crippen molar-refractivity contribution in [3.63, 3.8) is 0 Å². The Morgan fingerprint density at radius 2 is 1.89 bits per heavy atom. The predicted octanol–water partition coefficient (Wildman–Crippen LogP) is 4.69. The number of carbonyl (C=O) groups excluding carboxylic acids is 2. The normalized spacial score (nSPS) is 15.9. The summed E-state index contributed by atoms with van der Waals surface area (Å²) in [6, 6.07) is 17.4. The zero-order valence-electron chi connectivity index (χ0n) is 21.4. The number of para-hydroxylation sites is 1. The summed E-state index contributed by atoms with van der Waals surface area (Å²) in [5.41, 5.74) is 11.3. The lowest BCUT2D eigenvalue weighted by atomic mass is 10.0. The highest BCUT2D eigenvalue weighted by molar-refractivity contribution is 6.12. The number of nitrogens with one attached hydrogen (secondary N) is 1. The number of aryl methyl sites for hydroxylation is 1. The summed E-state index contributed by atoms with van der Waals surface area (Å²) in [4.78, 5) is 32.6. The quantitative estimate of drug-likeness (QED) is 0.386. The van der Waals surface area contributed by atoms with Crippen molar-refractivity contribution in [3.05, 3.63) is 77.5 Å². The summed E-state index contributed by atoms with van der Waals surface area (Å²) in [6.45, 7) is 7.46. The van der Waals surface area contributed by atoms with Crippen molar-refractivity contribution in [2.75, 3.05) is 11.9 Å². The van der Waals surface area contributed by atoms with E-state index in [-0.39, 0.29) is 23.9 Å². The first-order valence-electron chi connectivity index (χ1n) is 12.7. The van der Waals surface area contributed by atoms with Crippen molar-refractivity contribution in [1.82, 2.24) is 19.7 Å².